The van der Waals surface area contributed by atoms with Gasteiger partial charge in [0, 0.05) is 24.7 Å². The maximum absolute atomic E-state index is 13.5. The van der Waals surface area contributed by atoms with Crippen molar-refractivity contribution in [3.8, 4) is 5.75 Å². The molecule has 2 aliphatic rings. The van der Waals surface area contributed by atoms with Gasteiger partial charge in [0.05, 0.1) is 0 Å². The second kappa shape index (κ2) is 15.4. The van der Waals surface area contributed by atoms with Gasteiger partial charge in [0.15, 0.2) is 4.34 Å². The summed E-state index contributed by atoms with van der Waals surface area (Å²) in [4.78, 5) is 90.6. The first-order valence-electron chi connectivity index (χ1n) is 14.3. The first-order valence-corrected chi connectivity index (χ1v) is 17.2. The van der Waals surface area contributed by atoms with Crippen LogP contribution in [0.25, 0.3) is 0 Å². The van der Waals surface area contributed by atoms with Crippen LogP contribution >= 0.6 is 34.9 Å². The molecule has 5 rings (SSSR count). The number of amides is 4. The van der Waals surface area contributed by atoms with Crippen molar-refractivity contribution < 1.29 is 39.3 Å². The number of aromatic amines is 2. The average molecular weight is 734 g/mol. The Morgan fingerprint density at radius 1 is 1.08 bits per heavy atom. The van der Waals surface area contributed by atoms with Gasteiger partial charge >= 0.3 is 11.7 Å². The number of aliphatic hydroxyl groups is 1. The summed E-state index contributed by atoms with van der Waals surface area (Å²) in [5.41, 5.74) is -2.48. The van der Waals surface area contributed by atoms with Crippen molar-refractivity contribution in [3.05, 3.63) is 72.6 Å². The van der Waals surface area contributed by atoms with Gasteiger partial charge in [-0.2, -0.15) is 5.10 Å². The number of carbonyl (C=O) groups excluding carboxylic acids is 4. The minimum atomic E-state index is -1.50. The van der Waals surface area contributed by atoms with E-state index < -0.39 is 64.0 Å². The van der Waals surface area contributed by atoms with Gasteiger partial charge in [0.25, 0.3) is 23.3 Å². The zero-order valence-electron chi connectivity index (χ0n) is 25.0. The summed E-state index contributed by atoms with van der Waals surface area (Å²) in [5.74, 6) is -4.32. The van der Waals surface area contributed by atoms with Gasteiger partial charge < -0.3 is 31.3 Å². The van der Waals surface area contributed by atoms with Crippen LogP contribution < -0.4 is 27.2 Å². The third-order valence-corrected chi connectivity index (χ3v) is 10.6. The number of aliphatic carboxylic acids is 1. The van der Waals surface area contributed by atoms with Crippen LogP contribution in [0.4, 0.5) is 0 Å². The lowest BCUT2D eigenvalue weighted by Crippen LogP contribution is -2.71. The number of nitrogens with one attached hydrogen (secondary N) is 5. The van der Waals surface area contributed by atoms with Crippen LogP contribution in [0.1, 0.15) is 44.7 Å². The van der Waals surface area contributed by atoms with Crippen LogP contribution in [-0.2, 0) is 14.4 Å². The minimum Gasteiger partial charge on any atom is -0.508 e. The molecule has 0 aliphatic carbocycles. The van der Waals surface area contributed by atoms with E-state index >= 15 is 0 Å². The summed E-state index contributed by atoms with van der Waals surface area (Å²) in [5, 5.41) is 48.7. The van der Waals surface area contributed by atoms with E-state index in [0.717, 1.165) is 28.0 Å². The maximum atomic E-state index is 13.5. The van der Waals surface area contributed by atoms with E-state index in [1.165, 1.54) is 36.0 Å². The lowest BCUT2D eigenvalue weighted by Gasteiger charge is -2.49. The number of carboxylic acid groups (broad SMARTS) is 1. The van der Waals surface area contributed by atoms with Crippen molar-refractivity contribution in [3.63, 3.8) is 0 Å². The van der Waals surface area contributed by atoms with Crippen molar-refractivity contribution in [2.45, 2.75) is 34.6 Å². The SMILES string of the molecule is O=C(O)C1=C(CSc2nnc(C(=O)NCCCCO)s2)CS[C@H]2C(NC(=O)C(NC(=O)c3n[nH]c(=O)[nH]c3=O)c3ccc(O)cc3)C(=O)N12. The van der Waals surface area contributed by atoms with Crippen molar-refractivity contribution >= 4 is 64.5 Å². The van der Waals surface area contributed by atoms with Crippen LogP contribution in [0.3, 0.4) is 0 Å². The molecule has 2 aromatic heterocycles. The van der Waals surface area contributed by atoms with Gasteiger partial charge in [0.1, 0.15) is 28.9 Å². The van der Waals surface area contributed by atoms with Crippen molar-refractivity contribution in [2.75, 3.05) is 24.7 Å². The Hall–Kier alpha value is -5.06. The number of hydrogen-bond donors (Lipinski definition) is 8. The fourth-order valence-electron chi connectivity index (χ4n) is 4.72. The molecule has 0 saturated carbocycles. The van der Waals surface area contributed by atoms with Crippen LogP contribution in [0.15, 0.2) is 49.5 Å². The lowest BCUT2D eigenvalue weighted by molar-refractivity contribution is -0.151. The Labute approximate surface area is 287 Å². The smallest absolute Gasteiger partial charge is 0.352 e. The molecule has 0 spiro atoms. The zero-order valence-corrected chi connectivity index (χ0v) is 27.4. The molecule has 4 amide bonds. The number of aromatic hydroxyl groups is 1. The summed E-state index contributed by atoms with van der Waals surface area (Å²) in [6.07, 6.45) is 1.14. The molecule has 8 N–H and O–H groups in total. The molecular formula is C27H27N9O10S3. The third kappa shape index (κ3) is 7.98. The van der Waals surface area contributed by atoms with Crippen LogP contribution in [-0.4, -0.2) is 111 Å². The molecule has 49 heavy (non-hydrogen) atoms. The number of nitrogens with zero attached hydrogens (tertiary/aromatic N) is 4. The van der Waals surface area contributed by atoms with Gasteiger partial charge in [-0.1, -0.05) is 35.2 Å². The third-order valence-electron chi connectivity index (χ3n) is 7.08. The van der Waals surface area contributed by atoms with E-state index in [2.05, 4.69) is 31.2 Å². The molecule has 1 fully saturated rings. The number of phenols is 1. The summed E-state index contributed by atoms with van der Waals surface area (Å²) in [7, 11) is 0. The Morgan fingerprint density at radius 2 is 1.84 bits per heavy atom. The Bertz CT molecular complexity index is 1930. The second-order valence-electron chi connectivity index (χ2n) is 10.4. The Kier molecular flexibility index (Phi) is 11.1. The van der Waals surface area contributed by atoms with Gasteiger partial charge in [-0.05, 0) is 36.1 Å². The molecule has 0 bridgehead atoms. The number of H-pyrrole nitrogens is 2. The second-order valence-corrected chi connectivity index (χ2v) is 13.7. The topological polar surface area (TPSA) is 290 Å². The van der Waals surface area contributed by atoms with E-state index in [0.29, 0.717) is 29.3 Å². The minimum absolute atomic E-state index is 0.0189. The number of hydrogen-bond acceptors (Lipinski definition) is 15. The van der Waals surface area contributed by atoms with Gasteiger partial charge in [-0.25, -0.2) is 14.7 Å². The molecule has 3 atom stereocenters. The predicted molar refractivity (Wildman–Crippen MR) is 173 cm³/mol. The normalized spacial score (nSPS) is 17.5. The van der Waals surface area contributed by atoms with E-state index in [1.807, 2.05) is 10.1 Å². The van der Waals surface area contributed by atoms with Crippen molar-refractivity contribution in [1.82, 2.24) is 46.2 Å². The van der Waals surface area contributed by atoms with E-state index in [-0.39, 0.29) is 40.1 Å². The fraction of sp³-hybridized carbons (Fsp3) is 0.333. The number of carbonyl (C=O) groups is 5. The molecule has 2 aliphatic heterocycles. The molecule has 4 heterocycles. The van der Waals surface area contributed by atoms with Gasteiger partial charge in [-0.15, -0.1) is 22.0 Å². The Morgan fingerprint density at radius 3 is 2.53 bits per heavy atom. The zero-order chi connectivity index (χ0) is 35.2. The average Bonchev–Trinajstić information content (AvgIpc) is 3.56. The van der Waals surface area contributed by atoms with Crippen LogP contribution in [0, 0.1) is 0 Å². The number of aromatic nitrogens is 5. The van der Waals surface area contributed by atoms with E-state index in [1.54, 1.807) is 0 Å². The van der Waals surface area contributed by atoms with Crippen LogP contribution in [0.5, 0.6) is 5.75 Å². The number of β-lactam (4-membered cyclic amide) rings is 1. The number of rotatable bonds is 14. The summed E-state index contributed by atoms with van der Waals surface area (Å²) in [6.45, 7) is 0.381. The van der Waals surface area contributed by atoms with E-state index in [4.69, 9.17) is 5.11 Å². The standard InChI is InChI=1S/C27H27N9O10S3/c37-8-2-1-7-28-21(42)22-33-35-27(49-22)48-10-12-9-47-24-16(23(43)36(24)17(12)25(44)45)30-18(39)14(11-3-5-13(38)6-4-11)29-19(40)15-20(41)31-26(46)34-32-15/h3-6,14,16,24,37-38H,1-2,7-10H2,(H,28,42)(H,29,40)(H,30,39)(H,44,45)(H2,31,34,41,46)/t14?,16?,24-/m0/s1. The predicted octanol–water partition coefficient (Wildman–Crippen LogP) is -1.48. The highest BCUT2D eigenvalue weighted by molar-refractivity contribution is 8.01. The number of fused-ring (bicyclic) bond motifs is 1. The quantitative estimate of drug-likeness (QED) is 0.0533. The summed E-state index contributed by atoms with van der Waals surface area (Å²) < 4.78 is 0.409. The molecule has 258 valence electrons. The van der Waals surface area contributed by atoms with Crippen molar-refractivity contribution in [1.29, 1.82) is 0 Å². The monoisotopic (exact) mass is 733 g/mol. The first kappa shape index (κ1) is 35.3. The van der Waals surface area contributed by atoms with Gasteiger partial charge in [0.2, 0.25) is 16.6 Å². The number of unbranched alkanes of at least 4 members (excludes halogenated alkanes) is 1. The number of benzene rings is 1. The number of aliphatic hydroxyl groups excluding tert-OH is 1. The molecule has 1 aromatic carbocycles. The highest BCUT2D eigenvalue weighted by Crippen LogP contribution is 2.42. The molecule has 19 nitrogen and oxygen atoms in total. The maximum Gasteiger partial charge on any atom is 0.352 e. The van der Waals surface area contributed by atoms with Crippen LogP contribution in [0.2, 0.25) is 0 Å². The summed E-state index contributed by atoms with van der Waals surface area (Å²) in [6, 6.07) is 2.49. The molecule has 1 saturated heterocycles. The molecule has 0 radical (unpaired) electrons. The highest BCUT2D eigenvalue weighted by Gasteiger charge is 2.54. The van der Waals surface area contributed by atoms with E-state index in [9.17, 15) is 43.8 Å². The number of phenolic OH excluding ortho intramolecular Hbond substituents is 1. The number of thioether (sulfide) groups is 2. The lowest BCUT2D eigenvalue weighted by atomic mass is 10.0. The summed E-state index contributed by atoms with van der Waals surface area (Å²) >= 11 is 3.38. The largest absolute Gasteiger partial charge is 0.508 e. The Balaban J connectivity index is 1.27. The molecule has 22 heteroatoms. The van der Waals surface area contributed by atoms with Gasteiger partial charge in [-0.3, -0.25) is 33.9 Å². The fourth-order valence-corrected chi connectivity index (χ4v) is 7.98. The number of carboxylic acids is 1. The van der Waals surface area contributed by atoms with Crippen molar-refractivity contribution in [2.24, 2.45) is 0 Å². The molecule has 3 aromatic rings. The first-order chi connectivity index (χ1) is 23.5. The highest BCUT2D eigenvalue weighted by atomic mass is 32.2. The molecule has 2 unspecified atom stereocenters. The molecular weight excluding hydrogens is 707 g/mol.